The topological polar surface area (TPSA) is 50.5 Å². The summed E-state index contributed by atoms with van der Waals surface area (Å²) in [5.74, 6) is 0. The average molecular weight is 847 g/mol. The molecule has 3 aromatic carbocycles. The molecule has 0 bridgehead atoms. The van der Waals surface area contributed by atoms with E-state index in [2.05, 4.69) is 17.5 Å². The molecule has 0 unspecified atom stereocenters. The first-order valence-electron chi connectivity index (χ1n) is 13.8. The number of thioether (sulfide) groups is 2. The lowest BCUT2D eigenvalue weighted by molar-refractivity contribution is -0.140. The van der Waals surface area contributed by atoms with Crippen molar-refractivity contribution in [3.05, 3.63) is 71.8 Å². The standard InChI is InChI=1S/C30H10F12N4S6/c31-27(32,33)13-9-11(1-3-17(13)49-29(37,38)39)15-5-7-19(47-15)21-23-25(45-51-43-23)22(26-24(21)44-52-46-26)20-8-6-16(48-20)12-2-4-18(50-30(40,41)42)14(10-12)28(34,35)36/h1-10H. The minimum absolute atomic E-state index is 0.0249. The molecule has 1 aliphatic heterocycles. The molecule has 0 spiro atoms. The highest BCUT2D eigenvalue weighted by molar-refractivity contribution is 8.00. The van der Waals surface area contributed by atoms with Crippen LogP contribution in [0.25, 0.3) is 52.8 Å². The van der Waals surface area contributed by atoms with Crippen molar-refractivity contribution in [2.24, 2.45) is 8.73 Å². The number of benzene rings is 3. The van der Waals surface area contributed by atoms with E-state index in [1.54, 1.807) is 12.1 Å². The molecule has 0 saturated heterocycles. The Hall–Kier alpha value is -3.44. The zero-order valence-corrected chi connectivity index (χ0v) is 29.4. The molecule has 0 saturated carbocycles. The quantitative estimate of drug-likeness (QED) is 0.124. The number of aromatic nitrogens is 2. The summed E-state index contributed by atoms with van der Waals surface area (Å²) in [6.07, 6.45) is -10.1. The number of alkyl halides is 12. The Bertz CT molecular complexity index is 2270. The van der Waals surface area contributed by atoms with Gasteiger partial charge in [-0.05, 0) is 83.2 Å². The van der Waals surface area contributed by atoms with Gasteiger partial charge in [-0.15, -0.1) is 22.7 Å². The Labute approximate surface area is 307 Å². The van der Waals surface area contributed by atoms with Crippen LogP contribution >= 0.6 is 57.9 Å². The number of fused-ring (bicyclic) bond motifs is 2. The maximum atomic E-state index is 13.8. The summed E-state index contributed by atoms with van der Waals surface area (Å²) in [6.45, 7) is 0. The van der Waals surface area contributed by atoms with Crippen molar-refractivity contribution in [3.8, 4) is 41.8 Å². The molecule has 0 aliphatic carbocycles. The summed E-state index contributed by atoms with van der Waals surface area (Å²) in [5, 5.41) is 0. The molecule has 0 radical (unpaired) electrons. The molecule has 4 nitrogen and oxygen atoms in total. The van der Waals surface area contributed by atoms with Crippen molar-refractivity contribution in [1.29, 1.82) is 0 Å². The first kappa shape index (κ1) is 36.9. The van der Waals surface area contributed by atoms with E-state index in [0.717, 1.165) is 70.0 Å². The molecule has 52 heavy (non-hydrogen) atoms. The predicted octanol–water partition coefficient (Wildman–Crippen LogP) is 14.5. The third-order valence-corrected chi connectivity index (χ3v) is 12.2. The number of hydrogen-bond acceptors (Lipinski definition) is 9. The zero-order valence-electron chi connectivity index (χ0n) is 24.5. The van der Waals surface area contributed by atoms with Gasteiger partial charge in [-0.2, -0.15) is 70.2 Å². The average Bonchev–Trinajstić information content (AvgIpc) is 3.85. The molecule has 0 N–H and O–H groups in total. The SMILES string of the molecule is FC(F)(F)Sc1ccc(-c2ccc(-c3c4c(c(-c5ccc(-c6ccc(SC(F)(F)F)c(C(F)(F)F)c6)s5)c5nsnc35)N=S=N4)s2)cc1C(F)(F)F. The van der Waals surface area contributed by atoms with E-state index < -0.39 is 67.8 Å². The minimum atomic E-state index is -5.06. The van der Waals surface area contributed by atoms with Crippen LogP contribution in [0, 0.1) is 0 Å². The molecule has 1 aliphatic rings. The van der Waals surface area contributed by atoms with Crippen molar-refractivity contribution in [1.82, 2.24) is 8.75 Å². The van der Waals surface area contributed by atoms with Crippen molar-refractivity contribution in [3.63, 3.8) is 0 Å². The summed E-state index contributed by atoms with van der Waals surface area (Å²) < 4.78 is 178. The van der Waals surface area contributed by atoms with Crippen LogP contribution in [0.1, 0.15) is 11.1 Å². The van der Waals surface area contributed by atoms with Gasteiger partial charge < -0.3 is 0 Å². The molecular formula is C30H10F12N4S6. The number of rotatable bonds is 6. The highest BCUT2D eigenvalue weighted by Gasteiger charge is 2.40. The van der Waals surface area contributed by atoms with Gasteiger partial charge in [0.15, 0.2) is 0 Å². The predicted molar refractivity (Wildman–Crippen MR) is 180 cm³/mol. The fourth-order valence-corrected chi connectivity index (χ4v) is 9.77. The van der Waals surface area contributed by atoms with Crippen LogP contribution < -0.4 is 0 Å². The number of thiophene rings is 2. The van der Waals surface area contributed by atoms with E-state index in [0.29, 0.717) is 65.2 Å². The van der Waals surface area contributed by atoms with Gasteiger partial charge in [0.2, 0.25) is 0 Å². The van der Waals surface area contributed by atoms with Crippen molar-refractivity contribution in [2.75, 3.05) is 0 Å². The second-order valence-corrected chi connectivity index (χ2v) is 16.0. The van der Waals surface area contributed by atoms with Crippen LogP contribution in [0.3, 0.4) is 0 Å². The maximum absolute atomic E-state index is 13.8. The molecule has 0 amide bonds. The molecule has 4 heterocycles. The lowest BCUT2D eigenvalue weighted by atomic mass is 10.0. The minimum Gasteiger partial charge on any atom is -0.172 e. The van der Waals surface area contributed by atoms with Crippen molar-refractivity contribution in [2.45, 2.75) is 33.2 Å². The molecule has 0 fully saturated rings. The second kappa shape index (κ2) is 13.1. The lowest BCUT2D eigenvalue weighted by Gasteiger charge is -2.15. The van der Waals surface area contributed by atoms with Crippen LogP contribution in [0.4, 0.5) is 64.1 Å². The Kier molecular flexibility index (Phi) is 9.33. The van der Waals surface area contributed by atoms with Crippen molar-refractivity contribution < 1.29 is 52.7 Å². The molecule has 0 atom stereocenters. The van der Waals surface area contributed by atoms with Gasteiger partial charge in [0.1, 0.15) is 22.4 Å². The van der Waals surface area contributed by atoms with Crippen LogP contribution in [0.5, 0.6) is 0 Å². The maximum Gasteiger partial charge on any atom is 0.446 e. The van der Waals surface area contributed by atoms with E-state index in [9.17, 15) is 52.7 Å². The first-order chi connectivity index (χ1) is 24.3. The van der Waals surface area contributed by atoms with Gasteiger partial charge in [-0.1, -0.05) is 12.1 Å². The van der Waals surface area contributed by atoms with E-state index in [1.165, 1.54) is 12.1 Å². The van der Waals surface area contributed by atoms with Gasteiger partial charge >= 0.3 is 23.4 Å². The monoisotopic (exact) mass is 846 g/mol. The Morgan fingerprint density at radius 2 is 0.865 bits per heavy atom. The Morgan fingerprint density at radius 1 is 0.481 bits per heavy atom. The second-order valence-electron chi connectivity index (χ2n) is 10.5. The molecule has 3 aromatic heterocycles. The van der Waals surface area contributed by atoms with E-state index in [-0.39, 0.29) is 11.1 Å². The smallest absolute Gasteiger partial charge is 0.172 e. The van der Waals surface area contributed by atoms with Crippen molar-refractivity contribution >= 4 is 91.7 Å². The number of halogens is 12. The summed E-state index contributed by atoms with van der Waals surface area (Å²) >= 11 is 2.03. The third kappa shape index (κ3) is 7.36. The normalized spacial score (nSPS) is 13.6. The summed E-state index contributed by atoms with van der Waals surface area (Å²) in [6, 6.07) is 11.4. The van der Waals surface area contributed by atoms with Gasteiger partial charge in [-0.25, -0.2) is 0 Å². The molecule has 6 aromatic rings. The highest BCUT2D eigenvalue weighted by atomic mass is 32.2. The van der Waals surface area contributed by atoms with Gasteiger partial charge in [0, 0.05) is 40.4 Å². The summed E-state index contributed by atoms with van der Waals surface area (Å²) in [5.41, 5.74) is -10.5. The molecule has 7 rings (SSSR count). The summed E-state index contributed by atoms with van der Waals surface area (Å²) in [7, 11) is 0. The Morgan fingerprint density at radius 3 is 1.23 bits per heavy atom. The number of hydrogen-bond donors (Lipinski definition) is 0. The van der Waals surface area contributed by atoms with Crippen LogP contribution in [-0.2, 0) is 23.7 Å². The molecular weight excluding hydrogens is 837 g/mol. The van der Waals surface area contributed by atoms with Gasteiger partial charge in [0.05, 0.1) is 34.2 Å². The zero-order chi connectivity index (χ0) is 37.4. The van der Waals surface area contributed by atoms with Gasteiger partial charge in [-0.3, -0.25) is 0 Å². The largest absolute Gasteiger partial charge is 0.446 e. The highest BCUT2D eigenvalue weighted by Crippen LogP contribution is 2.55. The Balaban J connectivity index is 1.29. The van der Waals surface area contributed by atoms with E-state index in [4.69, 9.17) is 0 Å². The van der Waals surface area contributed by atoms with Crippen LogP contribution in [-0.4, -0.2) is 19.8 Å². The lowest BCUT2D eigenvalue weighted by Crippen LogP contribution is -2.09. The summed E-state index contributed by atoms with van der Waals surface area (Å²) in [4.78, 5) is -0.387. The van der Waals surface area contributed by atoms with Crippen LogP contribution in [0.2, 0.25) is 0 Å². The first-order valence-corrected chi connectivity index (χ1v) is 18.5. The third-order valence-electron chi connectivity index (χ3n) is 7.22. The van der Waals surface area contributed by atoms with Gasteiger partial charge in [0.25, 0.3) is 0 Å². The number of nitrogens with zero attached hydrogens (tertiary/aromatic N) is 4. The molecule has 22 heteroatoms. The van der Waals surface area contributed by atoms with E-state index in [1.807, 2.05) is 0 Å². The van der Waals surface area contributed by atoms with E-state index >= 15 is 0 Å². The molecule has 270 valence electrons. The van der Waals surface area contributed by atoms with Crippen LogP contribution in [0.15, 0.2) is 79.2 Å². The fraction of sp³-hybridized carbons (Fsp3) is 0.133. The fourth-order valence-electron chi connectivity index (χ4n) is 5.22.